The van der Waals surface area contributed by atoms with E-state index in [-0.39, 0.29) is 5.91 Å². The van der Waals surface area contributed by atoms with E-state index in [9.17, 15) is 4.79 Å². The smallest absolute Gasteiger partial charge is 0.253 e. The van der Waals surface area contributed by atoms with Crippen molar-refractivity contribution in [1.82, 2.24) is 14.9 Å². The van der Waals surface area contributed by atoms with Gasteiger partial charge in [0.15, 0.2) is 6.10 Å². The molecule has 0 aliphatic carbocycles. The van der Waals surface area contributed by atoms with Crippen LogP contribution in [0.5, 0.6) is 0 Å². The van der Waals surface area contributed by atoms with Crippen LogP contribution in [0.3, 0.4) is 0 Å². The topological polar surface area (TPSA) is 58.6 Å². The molecule has 1 amide bonds. The summed E-state index contributed by atoms with van der Waals surface area (Å²) in [5.74, 6) is 2.84. The summed E-state index contributed by atoms with van der Waals surface area (Å²) in [6.45, 7) is 7.37. The predicted octanol–water partition coefficient (Wildman–Crippen LogP) is 0.874. The number of carbonyl (C=O) groups excluding carboxylic acids is 1. The van der Waals surface area contributed by atoms with Crippen molar-refractivity contribution in [3.05, 3.63) is 17.5 Å². The van der Waals surface area contributed by atoms with Gasteiger partial charge in [-0.15, -0.1) is 0 Å². The molecular formula is C15H22N4O2S. The number of ether oxygens (including phenoxy) is 1. The summed E-state index contributed by atoms with van der Waals surface area (Å²) in [5.41, 5.74) is 1.90. The lowest BCUT2D eigenvalue weighted by molar-refractivity contribution is -0.144. The molecule has 1 aromatic heterocycles. The fourth-order valence-electron chi connectivity index (χ4n) is 2.82. The minimum absolute atomic E-state index is 0.106. The van der Waals surface area contributed by atoms with Crippen LogP contribution in [-0.2, 0) is 9.53 Å². The number of thioether (sulfide) groups is 1. The van der Waals surface area contributed by atoms with Crippen LogP contribution in [0.2, 0.25) is 0 Å². The Hall–Kier alpha value is -1.34. The Bertz CT molecular complexity index is 528. The van der Waals surface area contributed by atoms with Crippen LogP contribution in [-0.4, -0.2) is 71.2 Å². The van der Waals surface area contributed by atoms with E-state index in [0.29, 0.717) is 19.1 Å². The first-order valence-electron chi connectivity index (χ1n) is 7.69. The molecule has 1 aromatic rings. The van der Waals surface area contributed by atoms with Gasteiger partial charge < -0.3 is 14.5 Å². The maximum atomic E-state index is 12.6. The Morgan fingerprint density at radius 3 is 2.59 bits per heavy atom. The van der Waals surface area contributed by atoms with Gasteiger partial charge in [0.25, 0.3) is 5.91 Å². The van der Waals surface area contributed by atoms with E-state index < -0.39 is 6.10 Å². The summed E-state index contributed by atoms with van der Waals surface area (Å²) < 4.78 is 5.71. The summed E-state index contributed by atoms with van der Waals surface area (Å²) in [4.78, 5) is 25.6. The van der Waals surface area contributed by atoms with Gasteiger partial charge in [-0.25, -0.2) is 9.97 Å². The number of aryl methyl sites for hydroxylation is 2. The Labute approximate surface area is 135 Å². The number of amides is 1. The fourth-order valence-corrected chi connectivity index (χ4v) is 3.72. The van der Waals surface area contributed by atoms with Gasteiger partial charge in [-0.1, -0.05) is 0 Å². The van der Waals surface area contributed by atoms with E-state index in [1.807, 2.05) is 36.6 Å². The van der Waals surface area contributed by atoms with Crippen LogP contribution in [0.1, 0.15) is 11.4 Å². The van der Waals surface area contributed by atoms with Crippen molar-refractivity contribution < 1.29 is 9.53 Å². The number of aromatic nitrogens is 2. The molecule has 7 heteroatoms. The zero-order valence-electron chi connectivity index (χ0n) is 13.1. The van der Waals surface area contributed by atoms with Crippen LogP contribution in [0, 0.1) is 13.8 Å². The molecule has 3 rings (SSSR count). The summed E-state index contributed by atoms with van der Waals surface area (Å²) in [6, 6.07) is 1.96. The first kappa shape index (κ1) is 15.6. The van der Waals surface area contributed by atoms with Crippen LogP contribution in [0.25, 0.3) is 0 Å². The van der Waals surface area contributed by atoms with Gasteiger partial charge in [0, 0.05) is 42.5 Å². The lowest BCUT2D eigenvalue weighted by atomic mass is 10.2. The van der Waals surface area contributed by atoms with Crippen LogP contribution in [0.15, 0.2) is 6.07 Å². The number of rotatable bonds is 2. The van der Waals surface area contributed by atoms with Crippen molar-refractivity contribution in [3.63, 3.8) is 0 Å². The zero-order chi connectivity index (χ0) is 15.5. The minimum atomic E-state index is -0.402. The molecule has 120 valence electrons. The first-order valence-corrected chi connectivity index (χ1v) is 8.84. The Morgan fingerprint density at radius 2 is 1.91 bits per heavy atom. The van der Waals surface area contributed by atoms with Crippen molar-refractivity contribution in [2.24, 2.45) is 0 Å². The quantitative estimate of drug-likeness (QED) is 0.805. The summed E-state index contributed by atoms with van der Waals surface area (Å²) in [6.07, 6.45) is -0.402. The minimum Gasteiger partial charge on any atom is -0.365 e. The molecule has 0 bridgehead atoms. The van der Waals surface area contributed by atoms with Crippen molar-refractivity contribution in [3.8, 4) is 0 Å². The number of anilines is 1. The molecule has 2 fully saturated rings. The SMILES string of the molecule is Cc1cc(C)nc(N2CCOC(C(=O)N3CCSCC3)C2)n1. The van der Waals surface area contributed by atoms with E-state index in [4.69, 9.17) is 4.74 Å². The maximum absolute atomic E-state index is 12.6. The number of nitrogens with zero attached hydrogens (tertiary/aromatic N) is 4. The Morgan fingerprint density at radius 1 is 1.23 bits per heavy atom. The average molecular weight is 322 g/mol. The maximum Gasteiger partial charge on any atom is 0.253 e. The second-order valence-corrected chi connectivity index (χ2v) is 6.92. The third-order valence-corrected chi connectivity index (χ3v) is 4.86. The molecule has 6 nitrogen and oxygen atoms in total. The Balaban J connectivity index is 1.69. The number of hydrogen-bond acceptors (Lipinski definition) is 6. The molecule has 1 unspecified atom stereocenters. The van der Waals surface area contributed by atoms with Crippen LogP contribution in [0.4, 0.5) is 5.95 Å². The van der Waals surface area contributed by atoms with Gasteiger partial charge in [0.1, 0.15) is 0 Å². The lowest BCUT2D eigenvalue weighted by Crippen LogP contribution is -2.53. The summed E-state index contributed by atoms with van der Waals surface area (Å²) in [5, 5.41) is 0. The standard InChI is InChI=1S/C15H22N4O2S/c1-11-9-12(2)17-15(16-11)19-3-6-21-13(10-19)14(20)18-4-7-22-8-5-18/h9,13H,3-8,10H2,1-2H3. The molecule has 0 aromatic carbocycles. The highest BCUT2D eigenvalue weighted by Gasteiger charge is 2.31. The molecule has 2 aliphatic rings. The van der Waals surface area contributed by atoms with E-state index in [0.717, 1.165) is 42.5 Å². The average Bonchev–Trinajstić information content (AvgIpc) is 2.54. The van der Waals surface area contributed by atoms with Gasteiger partial charge in [-0.2, -0.15) is 11.8 Å². The fraction of sp³-hybridized carbons (Fsp3) is 0.667. The lowest BCUT2D eigenvalue weighted by Gasteiger charge is -2.36. The molecule has 3 heterocycles. The third-order valence-electron chi connectivity index (χ3n) is 3.92. The summed E-state index contributed by atoms with van der Waals surface area (Å²) >= 11 is 1.90. The second-order valence-electron chi connectivity index (χ2n) is 5.69. The van der Waals surface area contributed by atoms with Crippen molar-refractivity contribution >= 4 is 23.6 Å². The predicted molar refractivity (Wildman–Crippen MR) is 87.4 cm³/mol. The monoisotopic (exact) mass is 322 g/mol. The van der Waals surface area contributed by atoms with Crippen LogP contribution >= 0.6 is 11.8 Å². The molecular weight excluding hydrogens is 300 g/mol. The van der Waals surface area contributed by atoms with E-state index >= 15 is 0 Å². The first-order chi connectivity index (χ1) is 10.6. The molecule has 1 atom stereocenters. The van der Waals surface area contributed by atoms with Crippen molar-refractivity contribution in [1.29, 1.82) is 0 Å². The van der Waals surface area contributed by atoms with E-state index in [2.05, 4.69) is 14.9 Å². The molecule has 2 saturated heterocycles. The second kappa shape index (κ2) is 6.83. The van der Waals surface area contributed by atoms with Crippen molar-refractivity contribution in [2.75, 3.05) is 49.2 Å². The van der Waals surface area contributed by atoms with Crippen molar-refractivity contribution in [2.45, 2.75) is 20.0 Å². The van der Waals surface area contributed by atoms with Gasteiger partial charge in [-0.05, 0) is 19.9 Å². The van der Waals surface area contributed by atoms with Gasteiger partial charge in [0.05, 0.1) is 13.2 Å². The number of hydrogen-bond donors (Lipinski definition) is 0. The van der Waals surface area contributed by atoms with E-state index in [1.165, 1.54) is 0 Å². The third kappa shape index (κ3) is 3.52. The van der Waals surface area contributed by atoms with Gasteiger partial charge in [-0.3, -0.25) is 4.79 Å². The normalized spacial score (nSPS) is 22.7. The van der Waals surface area contributed by atoms with Crippen LogP contribution < -0.4 is 4.90 Å². The molecule has 0 radical (unpaired) electrons. The number of carbonyl (C=O) groups is 1. The molecule has 22 heavy (non-hydrogen) atoms. The zero-order valence-corrected chi connectivity index (χ0v) is 13.9. The molecule has 0 saturated carbocycles. The summed E-state index contributed by atoms with van der Waals surface area (Å²) in [7, 11) is 0. The largest absolute Gasteiger partial charge is 0.365 e. The van der Waals surface area contributed by atoms with Gasteiger partial charge >= 0.3 is 0 Å². The highest BCUT2D eigenvalue weighted by atomic mass is 32.2. The van der Waals surface area contributed by atoms with Gasteiger partial charge in [0.2, 0.25) is 5.95 Å². The molecule has 0 spiro atoms. The molecule has 2 aliphatic heterocycles. The Kier molecular flexibility index (Phi) is 4.83. The van der Waals surface area contributed by atoms with E-state index in [1.54, 1.807) is 0 Å². The highest BCUT2D eigenvalue weighted by molar-refractivity contribution is 7.99. The molecule has 0 N–H and O–H groups in total. The number of morpholine rings is 1. The highest BCUT2D eigenvalue weighted by Crippen LogP contribution is 2.17.